The van der Waals surface area contributed by atoms with Gasteiger partial charge < -0.3 is 4.74 Å². The van der Waals surface area contributed by atoms with Crippen molar-refractivity contribution in [1.29, 1.82) is 0 Å². The molecule has 1 rings (SSSR count). The average Bonchev–Trinajstić information content (AvgIpc) is 3.56. The van der Waals surface area contributed by atoms with Gasteiger partial charge >= 0.3 is 0 Å². The summed E-state index contributed by atoms with van der Waals surface area (Å²) in [5.41, 5.74) is -0.988. The zero-order valence-corrected chi connectivity index (χ0v) is 29.4. The van der Waals surface area contributed by atoms with Crippen molar-refractivity contribution in [2.45, 2.75) is 168 Å². The smallest absolute Gasteiger partial charge is 0.227 e. The second-order valence-corrected chi connectivity index (χ2v) is 12.6. The Labute approximate surface area is 260 Å². The molecule has 1 fully saturated rings. The van der Waals surface area contributed by atoms with Crippen LogP contribution in [0.25, 0.3) is 0 Å². The fourth-order valence-corrected chi connectivity index (χ4v) is 3.91. The number of hydrogen-bond acceptors (Lipinski definition) is 5. The van der Waals surface area contributed by atoms with E-state index >= 15 is 0 Å². The molecule has 0 aromatic heterocycles. The minimum absolute atomic E-state index is 0. The lowest BCUT2D eigenvalue weighted by Crippen LogP contribution is -2.34. The van der Waals surface area contributed by atoms with Crippen molar-refractivity contribution in [2.24, 2.45) is 21.7 Å². The summed E-state index contributed by atoms with van der Waals surface area (Å²) in [6, 6.07) is 0. The van der Waals surface area contributed by atoms with Crippen LogP contribution in [0.15, 0.2) is 0 Å². The normalized spacial score (nSPS) is 13.2. The molecule has 1 saturated heterocycles. The maximum absolute atomic E-state index is 12.2. The summed E-state index contributed by atoms with van der Waals surface area (Å²) in [4.78, 5) is 46.0. The number of halogens is 1. The summed E-state index contributed by atoms with van der Waals surface area (Å²) in [6.07, 6.45) is 9.47. The van der Waals surface area contributed by atoms with Crippen LogP contribution in [0.1, 0.15) is 168 Å². The molecule has 1 heterocycles. The van der Waals surface area contributed by atoms with Crippen molar-refractivity contribution in [1.82, 2.24) is 0 Å². The van der Waals surface area contributed by atoms with Crippen molar-refractivity contribution in [3.05, 3.63) is 0 Å². The lowest BCUT2D eigenvalue weighted by molar-refractivity contribution is -0.137. The fraction of sp³-hybridized carbons (Fsp3) is 0.886. The molecule has 0 aromatic carbocycles. The van der Waals surface area contributed by atoms with E-state index in [0.717, 1.165) is 64.6 Å². The highest BCUT2D eigenvalue weighted by atomic mass is 35.5. The number of ketones is 3. The zero-order valence-electron chi connectivity index (χ0n) is 28.6. The van der Waals surface area contributed by atoms with Gasteiger partial charge in [0, 0.05) is 34.9 Å². The molecular formula is C35H69ClO5. The summed E-state index contributed by atoms with van der Waals surface area (Å²) >= 11 is 5.35. The average molecular weight is 605 g/mol. The van der Waals surface area contributed by atoms with Gasteiger partial charge in [0.05, 0.1) is 6.42 Å². The predicted molar refractivity (Wildman–Crippen MR) is 178 cm³/mol. The molecule has 0 aliphatic carbocycles. The second-order valence-electron chi connectivity index (χ2n) is 12.2. The van der Waals surface area contributed by atoms with Crippen molar-refractivity contribution >= 4 is 34.2 Å². The monoisotopic (exact) mass is 604 g/mol. The molecule has 246 valence electrons. The van der Waals surface area contributed by atoms with Gasteiger partial charge in [-0.25, -0.2) is 0 Å². The molecule has 0 unspecified atom stereocenters. The van der Waals surface area contributed by atoms with Crippen LogP contribution in [0.5, 0.6) is 0 Å². The lowest BCUT2D eigenvalue weighted by Gasteiger charge is -2.29. The lowest BCUT2D eigenvalue weighted by atomic mass is 9.73. The van der Waals surface area contributed by atoms with E-state index in [1.54, 1.807) is 6.92 Å². The van der Waals surface area contributed by atoms with Gasteiger partial charge in [-0.2, -0.15) is 0 Å². The summed E-state index contributed by atoms with van der Waals surface area (Å²) in [5.74, 6) is 0.536. The third-order valence-corrected chi connectivity index (χ3v) is 10.5. The highest BCUT2D eigenvalue weighted by Gasteiger charge is 2.35. The zero-order chi connectivity index (χ0) is 32.2. The standard InChI is InChI=1S/C15H28O2.C8H16O.C7H13ClO.C4H8O.CH4/c1-7-14(5,8-2)12(16)11-13(17)15(6,9-3)10-4;1-5-8(4,6-2)7(3)9;1-4-7(3,5-2)6(8)9;1-2-4-5-3-1;/h7-11H2,1-6H3;5-6H2,1-4H3;4-5H2,1-3H3;1-4H2;1H4. The maximum atomic E-state index is 12.2. The van der Waals surface area contributed by atoms with Crippen LogP contribution in [-0.4, -0.2) is 35.8 Å². The molecule has 5 nitrogen and oxygen atoms in total. The van der Waals surface area contributed by atoms with E-state index < -0.39 is 0 Å². The first-order valence-corrected chi connectivity index (χ1v) is 16.2. The Morgan fingerprint density at radius 3 is 0.927 bits per heavy atom. The van der Waals surface area contributed by atoms with Gasteiger partial charge in [-0.15, -0.1) is 0 Å². The summed E-state index contributed by atoms with van der Waals surface area (Å²) < 4.78 is 4.94. The van der Waals surface area contributed by atoms with E-state index in [0.29, 0.717) is 5.78 Å². The minimum atomic E-state index is -0.321. The minimum Gasteiger partial charge on any atom is -0.381 e. The number of Topliss-reactive ketones (excluding diaryl/α,β-unsaturated/α-hetero) is 3. The Kier molecular flexibility index (Phi) is 26.7. The topological polar surface area (TPSA) is 77.5 Å². The number of carbonyl (C=O) groups is 4. The van der Waals surface area contributed by atoms with Gasteiger partial charge in [-0.1, -0.05) is 90.5 Å². The second kappa shape index (κ2) is 23.4. The van der Waals surface area contributed by atoms with Crippen LogP contribution in [0, 0.1) is 21.7 Å². The van der Waals surface area contributed by atoms with Crippen molar-refractivity contribution in [3.63, 3.8) is 0 Å². The number of ether oxygens (including phenoxy) is 1. The Morgan fingerprint density at radius 2 is 0.829 bits per heavy atom. The molecule has 0 bridgehead atoms. The van der Waals surface area contributed by atoms with Crippen LogP contribution < -0.4 is 0 Å². The van der Waals surface area contributed by atoms with Crippen LogP contribution in [0.3, 0.4) is 0 Å². The summed E-state index contributed by atoms with van der Waals surface area (Å²) in [5, 5.41) is -0.215. The maximum Gasteiger partial charge on any atom is 0.227 e. The highest BCUT2D eigenvalue weighted by Crippen LogP contribution is 2.33. The molecule has 0 saturated carbocycles. The van der Waals surface area contributed by atoms with Gasteiger partial charge in [0.25, 0.3) is 0 Å². The molecule has 0 N–H and O–H groups in total. The van der Waals surface area contributed by atoms with Gasteiger partial charge in [0.2, 0.25) is 5.24 Å². The van der Waals surface area contributed by atoms with Crippen molar-refractivity contribution in [2.75, 3.05) is 13.2 Å². The molecule has 0 amide bonds. The van der Waals surface area contributed by atoms with Crippen molar-refractivity contribution in [3.8, 4) is 0 Å². The van der Waals surface area contributed by atoms with Crippen LogP contribution in [0.2, 0.25) is 0 Å². The Bertz CT molecular complexity index is 659. The first-order valence-electron chi connectivity index (χ1n) is 15.8. The number of carbonyl (C=O) groups excluding carboxylic acids is 4. The predicted octanol–water partition coefficient (Wildman–Crippen LogP) is 10.6. The first-order chi connectivity index (χ1) is 18.4. The van der Waals surface area contributed by atoms with Crippen molar-refractivity contribution < 1.29 is 23.9 Å². The number of hydrogen-bond donors (Lipinski definition) is 0. The van der Waals surface area contributed by atoms with Crippen LogP contribution in [-0.2, 0) is 23.9 Å². The fourth-order valence-electron chi connectivity index (χ4n) is 3.65. The molecule has 1 aliphatic rings. The molecule has 0 radical (unpaired) electrons. The molecule has 41 heavy (non-hydrogen) atoms. The van der Waals surface area contributed by atoms with E-state index in [2.05, 4.69) is 13.8 Å². The molecule has 6 heteroatoms. The molecule has 0 atom stereocenters. The third-order valence-electron chi connectivity index (χ3n) is 10.1. The van der Waals surface area contributed by atoms with E-state index in [4.69, 9.17) is 16.3 Å². The van der Waals surface area contributed by atoms with Gasteiger partial charge in [0.15, 0.2) is 0 Å². The van der Waals surface area contributed by atoms with E-state index in [-0.39, 0.29) is 52.3 Å². The third kappa shape index (κ3) is 17.0. The SMILES string of the molecule is C.C1CCOC1.CCC(C)(CC)C(=O)CC(=O)C(C)(CC)CC.CCC(C)(CC)C(=O)Cl.CCC(C)(CC)C(C)=O. The van der Waals surface area contributed by atoms with E-state index in [1.165, 1.54) is 12.8 Å². The quantitative estimate of drug-likeness (QED) is 0.145. The highest BCUT2D eigenvalue weighted by molar-refractivity contribution is 6.64. The molecular weight excluding hydrogens is 536 g/mol. The number of rotatable bonds is 14. The largest absolute Gasteiger partial charge is 0.381 e. The van der Waals surface area contributed by atoms with E-state index in [9.17, 15) is 19.2 Å². The van der Waals surface area contributed by atoms with E-state index in [1.807, 2.05) is 69.2 Å². The van der Waals surface area contributed by atoms with Gasteiger partial charge in [-0.3, -0.25) is 19.2 Å². The summed E-state index contributed by atoms with van der Waals surface area (Å²) in [7, 11) is 0. The molecule has 1 aliphatic heterocycles. The van der Waals surface area contributed by atoms with Gasteiger partial charge in [0.1, 0.15) is 17.3 Å². The Morgan fingerprint density at radius 1 is 0.561 bits per heavy atom. The Balaban J connectivity index is -0.000000242. The molecule has 0 spiro atoms. The molecule has 0 aromatic rings. The van der Waals surface area contributed by atoms with Gasteiger partial charge in [-0.05, 0) is 82.7 Å². The first kappa shape index (κ1) is 46.9. The Hall–Kier alpha value is -1.07. The van der Waals surface area contributed by atoms with Crippen LogP contribution in [0.4, 0.5) is 0 Å². The summed E-state index contributed by atoms with van der Waals surface area (Å²) in [6.45, 7) is 27.7. The van der Waals surface area contributed by atoms with Crippen LogP contribution >= 0.6 is 11.6 Å².